The molecule has 0 radical (unpaired) electrons. The Kier molecular flexibility index (Phi) is 9.46. The Labute approximate surface area is 239 Å². The standard InChI is InChI=1S/C31H44N4O4Si/c1-8-12-23-15-24(18-26(17-23)39-40(6,7)31(2,3)4)16-25-20-35(34-33-25)28(19-22-13-10-9-11-14-22)29-32-27(21-38-29)30(36)37-5/h8-11,13-14,20-21,23-24,26,28H,1,12,15-19H2,2-7H3/t23?,24?,26?,28-/m0/s1. The molecule has 0 bridgehead atoms. The van der Waals surface area contributed by atoms with Crippen molar-refractivity contribution in [2.24, 2.45) is 11.8 Å². The Morgan fingerprint density at radius 3 is 2.60 bits per heavy atom. The fourth-order valence-electron chi connectivity index (χ4n) is 5.41. The molecule has 3 aromatic rings. The third-order valence-electron chi connectivity index (χ3n) is 8.47. The van der Waals surface area contributed by atoms with E-state index in [1.54, 1.807) is 0 Å². The van der Waals surface area contributed by atoms with Crippen molar-refractivity contribution in [3.8, 4) is 0 Å². The zero-order valence-electron chi connectivity index (χ0n) is 24.8. The number of carbonyl (C=O) groups is 1. The highest BCUT2D eigenvalue weighted by molar-refractivity contribution is 6.74. The van der Waals surface area contributed by atoms with Gasteiger partial charge < -0.3 is 13.6 Å². The lowest BCUT2D eigenvalue weighted by Crippen LogP contribution is -2.46. The van der Waals surface area contributed by atoms with E-state index in [1.165, 1.54) is 13.4 Å². The van der Waals surface area contributed by atoms with Crippen LogP contribution in [-0.2, 0) is 22.0 Å². The van der Waals surface area contributed by atoms with Crippen molar-refractivity contribution in [3.05, 3.63) is 78.3 Å². The van der Waals surface area contributed by atoms with Gasteiger partial charge in [-0.1, -0.05) is 62.4 Å². The summed E-state index contributed by atoms with van der Waals surface area (Å²) in [6, 6.07) is 9.74. The van der Waals surface area contributed by atoms with Crippen LogP contribution >= 0.6 is 0 Å². The van der Waals surface area contributed by atoms with E-state index in [0.717, 1.165) is 43.4 Å². The van der Waals surface area contributed by atoms with Crippen LogP contribution in [0.2, 0.25) is 18.1 Å². The van der Waals surface area contributed by atoms with E-state index in [2.05, 4.69) is 67.9 Å². The second-order valence-electron chi connectivity index (χ2n) is 12.6. The molecular weight excluding hydrogens is 520 g/mol. The summed E-state index contributed by atoms with van der Waals surface area (Å²) in [5.74, 6) is 0.885. The van der Waals surface area contributed by atoms with Crippen LogP contribution in [0.4, 0.5) is 0 Å². The lowest BCUT2D eigenvalue weighted by atomic mass is 9.76. The number of methoxy groups -OCH3 is 1. The highest BCUT2D eigenvalue weighted by Crippen LogP contribution is 2.42. The number of esters is 1. The first-order valence-electron chi connectivity index (χ1n) is 14.3. The Hall–Kier alpha value is -3.04. The van der Waals surface area contributed by atoms with Gasteiger partial charge in [-0.15, -0.1) is 11.7 Å². The molecule has 1 saturated carbocycles. The number of benzene rings is 1. The number of hydrogen-bond acceptors (Lipinski definition) is 7. The molecule has 3 unspecified atom stereocenters. The molecule has 0 spiro atoms. The molecule has 1 aromatic carbocycles. The van der Waals surface area contributed by atoms with Crippen LogP contribution in [0.25, 0.3) is 0 Å². The molecule has 1 fully saturated rings. The normalized spacial score (nSPS) is 20.7. The number of oxazole rings is 1. The second kappa shape index (κ2) is 12.6. The quantitative estimate of drug-likeness (QED) is 0.143. The van der Waals surface area contributed by atoms with Crippen LogP contribution < -0.4 is 0 Å². The minimum absolute atomic E-state index is 0.138. The molecule has 40 heavy (non-hydrogen) atoms. The van der Waals surface area contributed by atoms with E-state index < -0.39 is 14.3 Å². The third-order valence-corrected chi connectivity index (χ3v) is 13.0. The van der Waals surface area contributed by atoms with Gasteiger partial charge in [-0.3, -0.25) is 0 Å². The molecule has 9 heteroatoms. The van der Waals surface area contributed by atoms with Gasteiger partial charge in [-0.2, -0.15) is 0 Å². The van der Waals surface area contributed by atoms with Gasteiger partial charge in [0.05, 0.1) is 12.8 Å². The van der Waals surface area contributed by atoms with Crippen LogP contribution in [0.15, 0.2) is 59.9 Å². The molecule has 4 rings (SSSR count). The molecule has 216 valence electrons. The Morgan fingerprint density at radius 2 is 1.93 bits per heavy atom. The van der Waals surface area contributed by atoms with Crippen molar-refractivity contribution in [3.63, 3.8) is 0 Å². The van der Waals surface area contributed by atoms with Crippen LogP contribution in [0, 0.1) is 11.8 Å². The number of hydrogen-bond donors (Lipinski definition) is 0. The lowest BCUT2D eigenvalue weighted by molar-refractivity contribution is 0.0593. The summed E-state index contributed by atoms with van der Waals surface area (Å²) in [6.45, 7) is 15.6. The summed E-state index contributed by atoms with van der Waals surface area (Å²) in [7, 11) is -0.541. The van der Waals surface area contributed by atoms with Gasteiger partial charge >= 0.3 is 5.97 Å². The molecule has 0 aliphatic heterocycles. The van der Waals surface area contributed by atoms with E-state index in [1.807, 2.05) is 35.2 Å². The second-order valence-corrected chi connectivity index (χ2v) is 17.4. The van der Waals surface area contributed by atoms with Crippen molar-refractivity contribution in [2.45, 2.75) is 89.6 Å². The van der Waals surface area contributed by atoms with Crippen molar-refractivity contribution in [1.82, 2.24) is 20.0 Å². The Bertz CT molecular complexity index is 1260. The van der Waals surface area contributed by atoms with Crippen LogP contribution in [0.1, 0.15) is 80.1 Å². The Morgan fingerprint density at radius 1 is 1.20 bits per heavy atom. The summed E-state index contributed by atoms with van der Waals surface area (Å²) >= 11 is 0. The predicted octanol–water partition coefficient (Wildman–Crippen LogP) is 6.81. The molecule has 8 nitrogen and oxygen atoms in total. The summed E-state index contributed by atoms with van der Waals surface area (Å²) in [5.41, 5.74) is 2.18. The molecule has 1 aliphatic carbocycles. The number of rotatable bonds is 11. The van der Waals surface area contributed by atoms with Gasteiger partial charge in [-0.25, -0.2) is 14.5 Å². The predicted molar refractivity (Wildman–Crippen MR) is 158 cm³/mol. The molecule has 4 atom stereocenters. The van der Waals surface area contributed by atoms with E-state index in [-0.39, 0.29) is 22.9 Å². The zero-order chi connectivity index (χ0) is 28.9. The number of ether oxygens (including phenoxy) is 1. The first-order chi connectivity index (χ1) is 19.0. The first-order valence-corrected chi connectivity index (χ1v) is 17.2. The fraction of sp³-hybridized carbons (Fsp3) is 0.548. The van der Waals surface area contributed by atoms with E-state index in [9.17, 15) is 4.79 Å². The lowest BCUT2D eigenvalue weighted by Gasteiger charge is -2.43. The number of carbonyl (C=O) groups excluding carboxylic acids is 1. The average molecular weight is 565 g/mol. The molecule has 0 amide bonds. The van der Waals surface area contributed by atoms with Gasteiger partial charge in [0.2, 0.25) is 5.89 Å². The van der Waals surface area contributed by atoms with Gasteiger partial charge in [0.1, 0.15) is 12.3 Å². The smallest absolute Gasteiger partial charge is 0.360 e. The van der Waals surface area contributed by atoms with Crippen molar-refractivity contribution < 1.29 is 18.4 Å². The zero-order valence-corrected chi connectivity index (χ0v) is 25.8. The molecular formula is C31H44N4O4Si. The minimum atomic E-state index is -1.87. The first kappa shape index (κ1) is 29.9. The minimum Gasteiger partial charge on any atom is -0.464 e. The number of aromatic nitrogens is 4. The molecule has 1 aliphatic rings. The maximum absolute atomic E-state index is 12.0. The van der Waals surface area contributed by atoms with Crippen molar-refractivity contribution in [1.29, 1.82) is 0 Å². The maximum atomic E-state index is 12.0. The van der Waals surface area contributed by atoms with Crippen LogP contribution in [-0.4, -0.2) is 47.5 Å². The van der Waals surface area contributed by atoms with Gasteiger partial charge in [-0.05, 0) is 67.6 Å². The summed E-state index contributed by atoms with van der Waals surface area (Å²) in [4.78, 5) is 16.4. The fourth-order valence-corrected chi connectivity index (χ4v) is 6.79. The molecule has 0 saturated heterocycles. The molecule has 2 aromatic heterocycles. The van der Waals surface area contributed by atoms with Gasteiger partial charge in [0, 0.05) is 18.7 Å². The summed E-state index contributed by atoms with van der Waals surface area (Å²) in [5, 5.41) is 9.25. The van der Waals surface area contributed by atoms with Gasteiger partial charge in [0.15, 0.2) is 14.0 Å². The van der Waals surface area contributed by atoms with E-state index >= 15 is 0 Å². The largest absolute Gasteiger partial charge is 0.464 e. The third kappa shape index (κ3) is 7.37. The van der Waals surface area contributed by atoms with Crippen molar-refractivity contribution in [2.75, 3.05) is 7.11 Å². The van der Waals surface area contributed by atoms with Crippen LogP contribution in [0.5, 0.6) is 0 Å². The SMILES string of the molecule is C=CCC1CC(Cc2cn([C@@H](Cc3ccccc3)c3nc(C(=O)OC)co3)nn2)CC(O[Si](C)(C)C(C)(C)C)C1. The molecule has 0 N–H and O–H groups in total. The average Bonchev–Trinajstić information content (AvgIpc) is 3.57. The van der Waals surface area contributed by atoms with E-state index in [0.29, 0.717) is 24.1 Å². The summed E-state index contributed by atoms with van der Waals surface area (Å²) in [6.07, 6.45) is 11.3. The highest BCUT2D eigenvalue weighted by atomic mass is 28.4. The van der Waals surface area contributed by atoms with E-state index in [4.69, 9.17) is 13.6 Å². The number of nitrogens with zero attached hydrogens (tertiary/aromatic N) is 4. The van der Waals surface area contributed by atoms with Gasteiger partial charge in [0.25, 0.3) is 0 Å². The number of allylic oxidation sites excluding steroid dienone is 1. The Balaban J connectivity index is 1.53. The highest BCUT2D eigenvalue weighted by Gasteiger charge is 2.41. The topological polar surface area (TPSA) is 92.3 Å². The van der Waals surface area contributed by atoms with Crippen LogP contribution in [0.3, 0.4) is 0 Å². The molecule has 2 heterocycles. The monoisotopic (exact) mass is 564 g/mol. The van der Waals surface area contributed by atoms with Crippen molar-refractivity contribution >= 4 is 14.3 Å². The maximum Gasteiger partial charge on any atom is 0.360 e. The summed E-state index contributed by atoms with van der Waals surface area (Å²) < 4.78 is 19.3.